The molecule has 1 aromatic heterocycles. The first kappa shape index (κ1) is 13.2. The number of hydrogen-bond donors (Lipinski definition) is 2. The molecule has 2 N–H and O–H groups in total. The minimum Gasteiger partial charge on any atom is -0.345 e. The molecule has 2 heterocycles. The van der Waals surface area contributed by atoms with Gasteiger partial charge in [0.2, 0.25) is 0 Å². The molecule has 1 amide bonds. The number of aryl methyl sites for hydroxylation is 2. The number of nitrogens with zero attached hydrogens (tertiary/aromatic N) is 1. The topological polar surface area (TPSA) is 57.8 Å². The predicted octanol–water partition coefficient (Wildman–Crippen LogP) is 2.99. The minimum absolute atomic E-state index is 0.0412. The second-order valence-electron chi connectivity index (χ2n) is 5.01. The molecule has 1 aliphatic rings. The predicted molar refractivity (Wildman–Crippen MR) is 80.1 cm³/mol. The van der Waals surface area contributed by atoms with Crippen LogP contribution in [0, 0.1) is 13.8 Å². The van der Waals surface area contributed by atoms with Crippen molar-refractivity contribution in [3.63, 3.8) is 0 Å². The van der Waals surface area contributed by atoms with Crippen LogP contribution in [0.15, 0.2) is 29.2 Å². The van der Waals surface area contributed by atoms with Crippen LogP contribution in [0.1, 0.15) is 39.8 Å². The van der Waals surface area contributed by atoms with Gasteiger partial charge in [-0.15, -0.1) is 11.8 Å². The van der Waals surface area contributed by atoms with Gasteiger partial charge in [-0.25, -0.2) is 0 Å². The molecule has 0 spiro atoms. The van der Waals surface area contributed by atoms with E-state index >= 15 is 0 Å². The lowest BCUT2D eigenvalue weighted by Crippen LogP contribution is -2.31. The van der Waals surface area contributed by atoms with Crippen molar-refractivity contribution in [2.24, 2.45) is 0 Å². The number of carbonyl (C=O) groups excluding carboxylic acids is 1. The number of H-pyrrole nitrogens is 1. The molecule has 104 valence electrons. The van der Waals surface area contributed by atoms with Crippen molar-refractivity contribution < 1.29 is 4.79 Å². The van der Waals surface area contributed by atoms with E-state index in [-0.39, 0.29) is 11.9 Å². The number of benzene rings is 1. The Balaban J connectivity index is 1.84. The molecule has 20 heavy (non-hydrogen) atoms. The standard InChI is InChI=1S/C15H17N3OS/c1-9-14(10(2)18-17-9)15(19)16-12-7-8-20-13-6-4-3-5-11(12)13/h3-6,12H,7-8H2,1-2H3,(H,16,19)(H,17,18). The van der Waals surface area contributed by atoms with E-state index in [1.807, 2.05) is 37.7 Å². The lowest BCUT2D eigenvalue weighted by molar-refractivity contribution is 0.0934. The van der Waals surface area contributed by atoms with Gasteiger partial charge in [0.15, 0.2) is 0 Å². The van der Waals surface area contributed by atoms with Gasteiger partial charge >= 0.3 is 0 Å². The fourth-order valence-electron chi connectivity index (χ4n) is 2.61. The Hall–Kier alpha value is -1.75. The third-order valence-corrected chi connectivity index (χ3v) is 4.74. The van der Waals surface area contributed by atoms with Crippen LogP contribution >= 0.6 is 11.8 Å². The number of aromatic amines is 1. The Kier molecular flexibility index (Phi) is 3.53. The molecule has 1 aliphatic heterocycles. The summed E-state index contributed by atoms with van der Waals surface area (Å²) >= 11 is 1.85. The first-order valence-corrected chi connectivity index (χ1v) is 7.69. The average Bonchev–Trinajstić information content (AvgIpc) is 2.78. The van der Waals surface area contributed by atoms with Crippen LogP contribution in [0.25, 0.3) is 0 Å². The molecule has 3 rings (SSSR count). The van der Waals surface area contributed by atoms with Gasteiger partial charge in [-0.2, -0.15) is 5.10 Å². The zero-order valence-electron chi connectivity index (χ0n) is 11.6. The van der Waals surface area contributed by atoms with E-state index in [9.17, 15) is 4.79 Å². The Bertz CT molecular complexity index is 631. The maximum Gasteiger partial charge on any atom is 0.255 e. The molecule has 0 fully saturated rings. The van der Waals surface area contributed by atoms with Gasteiger partial charge in [-0.05, 0) is 31.9 Å². The van der Waals surface area contributed by atoms with Gasteiger partial charge in [0.1, 0.15) is 0 Å². The van der Waals surface area contributed by atoms with Crippen molar-refractivity contribution in [3.8, 4) is 0 Å². The zero-order chi connectivity index (χ0) is 14.1. The highest BCUT2D eigenvalue weighted by Crippen LogP contribution is 2.36. The van der Waals surface area contributed by atoms with Crippen LogP contribution in [0.3, 0.4) is 0 Å². The largest absolute Gasteiger partial charge is 0.345 e. The van der Waals surface area contributed by atoms with Crippen molar-refractivity contribution in [2.45, 2.75) is 31.2 Å². The van der Waals surface area contributed by atoms with Crippen LogP contribution in [0.2, 0.25) is 0 Å². The lowest BCUT2D eigenvalue weighted by atomic mass is 10.0. The smallest absolute Gasteiger partial charge is 0.255 e. The molecular formula is C15H17N3OS. The molecule has 1 aromatic carbocycles. The van der Waals surface area contributed by atoms with E-state index in [1.54, 1.807) is 0 Å². The molecule has 0 saturated carbocycles. The van der Waals surface area contributed by atoms with Crippen LogP contribution in [-0.2, 0) is 0 Å². The van der Waals surface area contributed by atoms with Gasteiger partial charge in [0.25, 0.3) is 5.91 Å². The quantitative estimate of drug-likeness (QED) is 0.892. The van der Waals surface area contributed by atoms with Gasteiger partial charge in [-0.1, -0.05) is 18.2 Å². The summed E-state index contributed by atoms with van der Waals surface area (Å²) in [7, 11) is 0. The fraction of sp³-hybridized carbons (Fsp3) is 0.333. The summed E-state index contributed by atoms with van der Waals surface area (Å²) in [6.45, 7) is 3.72. The minimum atomic E-state index is -0.0412. The van der Waals surface area contributed by atoms with E-state index in [0.29, 0.717) is 5.56 Å². The maximum absolute atomic E-state index is 12.4. The van der Waals surface area contributed by atoms with Gasteiger partial charge in [0.05, 0.1) is 17.3 Å². The highest BCUT2D eigenvalue weighted by Gasteiger charge is 2.24. The number of rotatable bonds is 2. The van der Waals surface area contributed by atoms with E-state index in [0.717, 1.165) is 23.6 Å². The normalized spacial score (nSPS) is 17.6. The highest BCUT2D eigenvalue weighted by atomic mass is 32.2. The number of fused-ring (bicyclic) bond motifs is 1. The average molecular weight is 287 g/mol. The van der Waals surface area contributed by atoms with Crippen LogP contribution < -0.4 is 5.32 Å². The van der Waals surface area contributed by atoms with E-state index < -0.39 is 0 Å². The van der Waals surface area contributed by atoms with E-state index in [1.165, 1.54) is 10.5 Å². The fourth-order valence-corrected chi connectivity index (χ4v) is 3.73. The second kappa shape index (κ2) is 5.32. The molecule has 1 unspecified atom stereocenters. The SMILES string of the molecule is Cc1n[nH]c(C)c1C(=O)NC1CCSc2ccccc21. The molecule has 0 aliphatic carbocycles. The summed E-state index contributed by atoms with van der Waals surface area (Å²) in [4.78, 5) is 13.7. The Morgan fingerprint density at radius 2 is 2.20 bits per heavy atom. The first-order chi connectivity index (χ1) is 9.66. The van der Waals surface area contributed by atoms with Crippen molar-refractivity contribution in [1.82, 2.24) is 15.5 Å². The van der Waals surface area contributed by atoms with Crippen LogP contribution in [-0.4, -0.2) is 21.9 Å². The number of hydrogen-bond acceptors (Lipinski definition) is 3. The summed E-state index contributed by atoms with van der Waals surface area (Å²) in [5, 5.41) is 10.1. The third-order valence-electron chi connectivity index (χ3n) is 3.62. The van der Waals surface area contributed by atoms with Gasteiger partial charge in [-0.3, -0.25) is 9.89 Å². The van der Waals surface area contributed by atoms with Gasteiger partial charge < -0.3 is 5.32 Å². The van der Waals surface area contributed by atoms with Crippen molar-refractivity contribution in [3.05, 3.63) is 46.8 Å². The third kappa shape index (κ3) is 2.33. The summed E-state index contributed by atoms with van der Waals surface area (Å²) in [5.41, 5.74) is 3.45. The van der Waals surface area contributed by atoms with Crippen molar-refractivity contribution >= 4 is 17.7 Å². The zero-order valence-corrected chi connectivity index (χ0v) is 12.4. The number of nitrogens with one attached hydrogen (secondary N) is 2. The monoisotopic (exact) mass is 287 g/mol. The Labute approximate surface area is 122 Å². The highest BCUT2D eigenvalue weighted by molar-refractivity contribution is 7.99. The summed E-state index contributed by atoms with van der Waals surface area (Å²) in [5.74, 6) is 0.992. The summed E-state index contributed by atoms with van der Waals surface area (Å²) in [6, 6.07) is 8.38. The molecule has 5 heteroatoms. The number of carbonyl (C=O) groups is 1. The Morgan fingerprint density at radius 3 is 2.95 bits per heavy atom. The molecule has 1 atom stereocenters. The second-order valence-corrected chi connectivity index (χ2v) is 6.15. The van der Waals surface area contributed by atoms with Crippen LogP contribution in [0.5, 0.6) is 0 Å². The Morgan fingerprint density at radius 1 is 1.40 bits per heavy atom. The number of amides is 1. The molecule has 4 nitrogen and oxygen atoms in total. The lowest BCUT2D eigenvalue weighted by Gasteiger charge is -2.25. The summed E-state index contributed by atoms with van der Waals surface area (Å²) in [6.07, 6.45) is 0.962. The molecule has 0 bridgehead atoms. The van der Waals surface area contributed by atoms with Crippen LogP contribution in [0.4, 0.5) is 0 Å². The number of aromatic nitrogens is 2. The molecule has 0 saturated heterocycles. The van der Waals surface area contributed by atoms with Crippen molar-refractivity contribution in [2.75, 3.05) is 5.75 Å². The molecular weight excluding hydrogens is 270 g/mol. The molecule has 0 radical (unpaired) electrons. The summed E-state index contributed by atoms with van der Waals surface area (Å²) < 4.78 is 0. The van der Waals surface area contributed by atoms with E-state index in [2.05, 4.69) is 27.6 Å². The first-order valence-electron chi connectivity index (χ1n) is 6.71. The number of thioether (sulfide) groups is 1. The maximum atomic E-state index is 12.4. The van der Waals surface area contributed by atoms with Crippen molar-refractivity contribution in [1.29, 1.82) is 0 Å². The molecule has 2 aromatic rings. The van der Waals surface area contributed by atoms with E-state index in [4.69, 9.17) is 0 Å². The van der Waals surface area contributed by atoms with Gasteiger partial charge in [0, 0.05) is 16.3 Å².